The number of amides is 3. The van der Waals surface area contributed by atoms with Gasteiger partial charge in [0.05, 0.1) is 0 Å². The maximum atomic E-state index is 12.6. The number of aromatic nitrogens is 4. The number of hydrogen-bond acceptors (Lipinski definition) is 8. The number of carbonyl (C=O) groups excluding carboxylic acids is 3. The Labute approximate surface area is 230 Å². The van der Waals surface area contributed by atoms with E-state index in [-0.39, 0.29) is 11.9 Å². The average Bonchev–Trinajstić information content (AvgIpc) is 3.36. The van der Waals surface area contributed by atoms with Crippen LogP contribution in [0.5, 0.6) is 11.5 Å². The van der Waals surface area contributed by atoms with Crippen molar-refractivity contribution in [2.75, 3.05) is 37.8 Å². The summed E-state index contributed by atoms with van der Waals surface area (Å²) in [7, 11) is 3.13. The predicted octanol–water partition coefficient (Wildman–Crippen LogP) is 3.20. The number of likely N-dealkylation sites (N-methyl/N-ethyl adjacent to an activating group) is 1. The summed E-state index contributed by atoms with van der Waals surface area (Å²) in [6, 6.07) is 12.1. The third-order valence-electron chi connectivity index (χ3n) is 6.56. The number of nitrogens with zero attached hydrogens (tertiary/aromatic N) is 5. The molecule has 4 heterocycles. The minimum atomic E-state index is -0.541. The van der Waals surface area contributed by atoms with E-state index in [0.717, 1.165) is 18.4 Å². The molecule has 1 aliphatic rings. The van der Waals surface area contributed by atoms with Gasteiger partial charge in [-0.25, -0.2) is 9.97 Å². The summed E-state index contributed by atoms with van der Waals surface area (Å²) >= 11 is 0. The lowest BCUT2D eigenvalue weighted by molar-refractivity contribution is -0.150. The van der Waals surface area contributed by atoms with Gasteiger partial charge in [0, 0.05) is 57.3 Å². The average molecular weight is 543 g/mol. The number of carbonyl (C=O) groups is 3. The van der Waals surface area contributed by atoms with Crippen LogP contribution in [0.4, 0.5) is 11.6 Å². The number of benzene rings is 1. The standard InChI is InChI=1S/C28H30N8O4/c1-17-10-12-29-22(15-17)32-26(37)18-6-8-20(9-7-18)40-21-11-13-30-24-23(21)25(34-33-24)31-19-5-4-14-36(16-19)28(39)27(38)35(2)3/h6-13,15,19H,4-5,14,16H2,1-3H3,(H,29,32,37)(H2,30,31,33,34)/t19-/m1/s1. The fraction of sp³-hybridized carbons (Fsp3) is 0.286. The fourth-order valence-electron chi connectivity index (χ4n) is 4.51. The van der Waals surface area contributed by atoms with Crippen molar-refractivity contribution in [1.82, 2.24) is 30.0 Å². The van der Waals surface area contributed by atoms with E-state index in [0.29, 0.717) is 52.8 Å². The second-order valence-corrected chi connectivity index (χ2v) is 9.84. The topological polar surface area (TPSA) is 145 Å². The molecule has 0 bridgehead atoms. The summed E-state index contributed by atoms with van der Waals surface area (Å²) < 4.78 is 6.17. The van der Waals surface area contributed by atoms with Crippen molar-refractivity contribution >= 4 is 40.4 Å². The first-order valence-corrected chi connectivity index (χ1v) is 12.9. The molecule has 0 radical (unpaired) electrons. The number of aryl methyl sites for hydroxylation is 1. The van der Waals surface area contributed by atoms with Crippen LogP contribution in [0.2, 0.25) is 0 Å². The molecule has 0 saturated carbocycles. The third-order valence-corrected chi connectivity index (χ3v) is 6.56. The van der Waals surface area contributed by atoms with Gasteiger partial charge in [-0.3, -0.25) is 19.5 Å². The van der Waals surface area contributed by atoms with Crippen LogP contribution in [-0.2, 0) is 9.59 Å². The van der Waals surface area contributed by atoms with Gasteiger partial charge in [-0.15, -0.1) is 0 Å². The Kier molecular flexibility index (Phi) is 7.58. The number of rotatable bonds is 6. The number of fused-ring (bicyclic) bond motifs is 1. The van der Waals surface area contributed by atoms with Crippen LogP contribution in [0.15, 0.2) is 54.9 Å². The maximum absolute atomic E-state index is 12.6. The molecule has 1 atom stereocenters. The normalized spacial score (nSPS) is 15.0. The molecule has 0 unspecified atom stereocenters. The molecule has 12 heteroatoms. The van der Waals surface area contributed by atoms with Crippen LogP contribution in [0.1, 0.15) is 28.8 Å². The number of likely N-dealkylation sites (tertiary alicyclic amines) is 1. The number of nitrogens with one attached hydrogen (secondary N) is 3. The summed E-state index contributed by atoms with van der Waals surface area (Å²) in [5.74, 6) is 0.750. The SMILES string of the molecule is Cc1ccnc(NC(=O)c2ccc(Oc3ccnc4[nH]nc(N[C@@H]5CCCN(C(=O)C(=O)N(C)C)C5)c34)cc2)c1. The zero-order valence-electron chi connectivity index (χ0n) is 22.5. The summed E-state index contributed by atoms with van der Waals surface area (Å²) in [5.41, 5.74) is 2.00. The van der Waals surface area contributed by atoms with E-state index in [1.54, 1.807) is 67.8 Å². The lowest BCUT2D eigenvalue weighted by Gasteiger charge is -2.33. The molecular weight excluding hydrogens is 512 g/mol. The summed E-state index contributed by atoms with van der Waals surface area (Å²) in [6.45, 7) is 2.84. The number of H-pyrrole nitrogens is 1. The van der Waals surface area contributed by atoms with Gasteiger partial charge in [-0.2, -0.15) is 5.10 Å². The lowest BCUT2D eigenvalue weighted by Crippen LogP contribution is -2.50. The molecule has 1 aromatic carbocycles. The lowest BCUT2D eigenvalue weighted by atomic mass is 10.1. The summed E-state index contributed by atoms with van der Waals surface area (Å²) in [4.78, 5) is 48.7. The molecule has 1 fully saturated rings. The van der Waals surface area contributed by atoms with E-state index < -0.39 is 11.8 Å². The summed E-state index contributed by atoms with van der Waals surface area (Å²) in [5, 5.41) is 14.2. The summed E-state index contributed by atoms with van der Waals surface area (Å²) in [6.07, 6.45) is 4.83. The quantitative estimate of drug-likeness (QED) is 0.315. The maximum Gasteiger partial charge on any atom is 0.312 e. The zero-order valence-corrected chi connectivity index (χ0v) is 22.5. The Morgan fingerprint density at radius 3 is 2.60 bits per heavy atom. The predicted molar refractivity (Wildman–Crippen MR) is 149 cm³/mol. The van der Waals surface area contributed by atoms with Gasteiger partial charge in [0.1, 0.15) is 22.7 Å². The van der Waals surface area contributed by atoms with Gasteiger partial charge in [0.15, 0.2) is 11.5 Å². The Balaban J connectivity index is 1.29. The Morgan fingerprint density at radius 1 is 1.07 bits per heavy atom. The molecule has 12 nitrogen and oxygen atoms in total. The molecule has 0 spiro atoms. The van der Waals surface area contributed by atoms with E-state index in [9.17, 15) is 14.4 Å². The number of ether oxygens (including phenoxy) is 1. The highest BCUT2D eigenvalue weighted by Crippen LogP contribution is 2.33. The van der Waals surface area contributed by atoms with Crippen LogP contribution < -0.4 is 15.4 Å². The molecule has 3 aromatic heterocycles. The van der Waals surface area contributed by atoms with Gasteiger partial charge in [0.25, 0.3) is 5.91 Å². The van der Waals surface area contributed by atoms with E-state index in [1.807, 2.05) is 13.0 Å². The first-order chi connectivity index (χ1) is 19.3. The van der Waals surface area contributed by atoms with Gasteiger partial charge >= 0.3 is 11.8 Å². The minimum absolute atomic E-state index is 0.104. The molecule has 3 amide bonds. The molecule has 3 N–H and O–H groups in total. The minimum Gasteiger partial charge on any atom is -0.456 e. The van der Waals surface area contributed by atoms with E-state index in [2.05, 4.69) is 30.8 Å². The van der Waals surface area contributed by atoms with Gasteiger partial charge in [-0.05, 0) is 61.7 Å². The van der Waals surface area contributed by atoms with Crippen LogP contribution in [-0.4, -0.2) is 80.9 Å². The highest BCUT2D eigenvalue weighted by atomic mass is 16.5. The van der Waals surface area contributed by atoms with Crippen molar-refractivity contribution in [3.63, 3.8) is 0 Å². The van der Waals surface area contributed by atoms with Crippen LogP contribution in [0, 0.1) is 6.92 Å². The number of pyridine rings is 2. The van der Waals surface area contributed by atoms with Crippen molar-refractivity contribution in [3.8, 4) is 11.5 Å². The van der Waals surface area contributed by atoms with Crippen LogP contribution in [0.3, 0.4) is 0 Å². The monoisotopic (exact) mass is 542 g/mol. The van der Waals surface area contributed by atoms with Gasteiger partial charge in [0.2, 0.25) is 0 Å². The molecule has 4 aromatic rings. The van der Waals surface area contributed by atoms with Crippen molar-refractivity contribution in [1.29, 1.82) is 0 Å². The van der Waals surface area contributed by atoms with E-state index >= 15 is 0 Å². The first-order valence-electron chi connectivity index (χ1n) is 12.9. The second kappa shape index (κ2) is 11.4. The molecule has 1 saturated heterocycles. The third kappa shape index (κ3) is 5.85. The largest absolute Gasteiger partial charge is 0.456 e. The van der Waals surface area contributed by atoms with Crippen molar-refractivity contribution in [2.45, 2.75) is 25.8 Å². The van der Waals surface area contributed by atoms with Crippen molar-refractivity contribution in [2.24, 2.45) is 0 Å². The first kappa shape index (κ1) is 26.6. The molecule has 5 rings (SSSR count). The molecule has 40 heavy (non-hydrogen) atoms. The second-order valence-electron chi connectivity index (χ2n) is 9.84. The number of anilines is 2. The smallest absolute Gasteiger partial charge is 0.312 e. The zero-order chi connectivity index (χ0) is 28.2. The molecule has 206 valence electrons. The van der Waals surface area contributed by atoms with E-state index in [4.69, 9.17) is 4.74 Å². The Morgan fingerprint density at radius 2 is 1.85 bits per heavy atom. The number of piperidine rings is 1. The van der Waals surface area contributed by atoms with E-state index in [1.165, 1.54) is 4.90 Å². The molecule has 0 aliphatic carbocycles. The van der Waals surface area contributed by atoms with Crippen molar-refractivity contribution in [3.05, 3.63) is 66.0 Å². The molecule has 1 aliphatic heterocycles. The Bertz CT molecular complexity index is 1550. The van der Waals surface area contributed by atoms with Gasteiger partial charge in [-0.1, -0.05) is 0 Å². The molecular formula is C28H30N8O4. The van der Waals surface area contributed by atoms with Gasteiger partial charge < -0.3 is 25.2 Å². The highest BCUT2D eigenvalue weighted by Gasteiger charge is 2.29. The van der Waals surface area contributed by atoms with Crippen LogP contribution in [0.25, 0.3) is 11.0 Å². The highest BCUT2D eigenvalue weighted by molar-refractivity contribution is 6.34. The number of aromatic amines is 1. The number of hydrogen-bond donors (Lipinski definition) is 3. The van der Waals surface area contributed by atoms with Crippen LogP contribution >= 0.6 is 0 Å². The Hall–Kier alpha value is -5.00. The van der Waals surface area contributed by atoms with Crippen molar-refractivity contribution < 1.29 is 19.1 Å². The fourth-order valence-corrected chi connectivity index (χ4v) is 4.51.